The van der Waals surface area contributed by atoms with Crippen molar-refractivity contribution in [2.45, 2.75) is 12.1 Å². The van der Waals surface area contributed by atoms with E-state index in [0.717, 1.165) is 16.0 Å². The van der Waals surface area contributed by atoms with Crippen LogP contribution in [-0.2, 0) is 9.47 Å². The average Bonchev–Trinajstić information content (AvgIpc) is 2.58. The molecule has 0 saturated carbocycles. The summed E-state index contributed by atoms with van der Waals surface area (Å²) >= 11 is 0. The molecule has 0 fully saturated rings. The molecule has 0 saturated heterocycles. The molecule has 1 aliphatic heterocycles. The molecule has 112 valence electrons. The first-order chi connectivity index (χ1) is 10.7. The Morgan fingerprint density at radius 1 is 1.32 bits per heavy atom. The number of nitrogens with zero attached hydrogens (tertiary/aromatic N) is 1. The highest BCUT2D eigenvalue weighted by Gasteiger charge is 2.30. The smallest absolute Gasteiger partial charge is 0.151 e. The van der Waals surface area contributed by atoms with E-state index in [-0.39, 0.29) is 6.10 Å². The zero-order valence-corrected chi connectivity index (χ0v) is 12.4. The van der Waals surface area contributed by atoms with Gasteiger partial charge in [0.2, 0.25) is 0 Å². The molecule has 1 heterocycles. The van der Waals surface area contributed by atoms with Crippen LogP contribution in [0.25, 0.3) is 11.3 Å². The Balaban J connectivity index is 2.47. The second-order valence-electron chi connectivity index (χ2n) is 4.93. The predicted octanol–water partition coefficient (Wildman–Crippen LogP) is 0.304. The molecule has 2 N–H and O–H groups in total. The van der Waals surface area contributed by atoms with E-state index in [1.807, 2.05) is 42.5 Å². The van der Waals surface area contributed by atoms with Crippen LogP contribution >= 0.6 is 0 Å². The largest absolute Gasteiger partial charge is 0.496 e. The van der Waals surface area contributed by atoms with Crippen LogP contribution in [0.1, 0.15) is 0 Å². The number of methoxy groups -OCH3 is 2. The lowest BCUT2D eigenvalue weighted by molar-refractivity contribution is 0.225. The van der Waals surface area contributed by atoms with E-state index >= 15 is 0 Å². The summed E-state index contributed by atoms with van der Waals surface area (Å²) in [6.45, 7) is 0. The first kappa shape index (κ1) is 14.2. The highest BCUT2D eigenvalue weighted by atomic mass is 16.5. The number of allylic oxidation sites excluding steroid dienone is 2. The van der Waals surface area contributed by atoms with Crippen LogP contribution in [0.2, 0.25) is 0 Å². The van der Waals surface area contributed by atoms with Crippen molar-refractivity contribution in [3.8, 4) is 11.8 Å². The lowest BCUT2D eigenvalue weighted by Gasteiger charge is -2.29. The Kier molecular flexibility index (Phi) is 3.61. The van der Waals surface area contributed by atoms with Crippen LogP contribution in [-0.4, -0.2) is 26.4 Å². The molecule has 1 aliphatic carbocycles. The summed E-state index contributed by atoms with van der Waals surface area (Å²) in [6.07, 6.45) is 5.29. The van der Waals surface area contributed by atoms with Crippen LogP contribution in [0.5, 0.6) is 5.75 Å². The molecule has 22 heavy (non-hydrogen) atoms. The SMILES string of the molecule is COC1=CC=CC2OC(C(N)C#N)=c3cccc(OC)c3=C12. The van der Waals surface area contributed by atoms with Crippen molar-refractivity contribution in [3.05, 3.63) is 52.6 Å². The summed E-state index contributed by atoms with van der Waals surface area (Å²) in [6, 6.07) is 6.79. The maximum atomic E-state index is 9.17. The van der Waals surface area contributed by atoms with Gasteiger partial charge in [-0.15, -0.1) is 0 Å². The molecule has 5 nitrogen and oxygen atoms in total. The molecule has 5 heteroatoms. The number of nitrogens with two attached hydrogens (primary N) is 1. The molecule has 1 aromatic carbocycles. The van der Waals surface area contributed by atoms with Gasteiger partial charge in [0.05, 0.1) is 25.9 Å². The Hall–Kier alpha value is -2.71. The molecule has 0 radical (unpaired) electrons. The summed E-state index contributed by atoms with van der Waals surface area (Å²) < 4.78 is 16.9. The predicted molar refractivity (Wildman–Crippen MR) is 81.8 cm³/mol. The van der Waals surface area contributed by atoms with Gasteiger partial charge in [-0.1, -0.05) is 18.2 Å². The van der Waals surface area contributed by atoms with Gasteiger partial charge in [0.15, 0.2) is 6.04 Å². The maximum Gasteiger partial charge on any atom is 0.151 e. The van der Waals surface area contributed by atoms with Crippen LogP contribution in [0.4, 0.5) is 0 Å². The molecule has 0 amide bonds. The van der Waals surface area contributed by atoms with Gasteiger partial charge in [0, 0.05) is 10.4 Å². The molecule has 0 aromatic heterocycles. The molecular formula is C17H16N2O3. The Labute approximate surface area is 128 Å². The van der Waals surface area contributed by atoms with Gasteiger partial charge < -0.3 is 19.9 Å². The van der Waals surface area contributed by atoms with Crippen LogP contribution in [0, 0.1) is 11.3 Å². The van der Waals surface area contributed by atoms with Crippen LogP contribution < -0.4 is 20.9 Å². The average molecular weight is 296 g/mol. The zero-order valence-electron chi connectivity index (χ0n) is 12.4. The quantitative estimate of drug-likeness (QED) is 0.868. The molecule has 1 aromatic rings. The number of benzene rings is 1. The summed E-state index contributed by atoms with van der Waals surface area (Å²) in [5.41, 5.74) is 6.78. The zero-order chi connectivity index (χ0) is 15.7. The number of nitriles is 1. The molecule has 0 bridgehead atoms. The molecule has 3 rings (SSSR count). The van der Waals surface area contributed by atoms with E-state index in [4.69, 9.17) is 25.2 Å². The van der Waals surface area contributed by atoms with Crippen molar-refractivity contribution >= 4 is 11.3 Å². The van der Waals surface area contributed by atoms with Gasteiger partial charge >= 0.3 is 0 Å². The number of ether oxygens (including phenoxy) is 3. The topological polar surface area (TPSA) is 77.5 Å². The fraction of sp³-hybridized carbons (Fsp3) is 0.235. The van der Waals surface area contributed by atoms with E-state index in [1.165, 1.54) is 0 Å². The second kappa shape index (κ2) is 5.58. The normalized spacial score (nSPS) is 20.1. The number of hydrogen-bond donors (Lipinski definition) is 1. The minimum atomic E-state index is -0.835. The van der Waals surface area contributed by atoms with Gasteiger partial charge in [0.1, 0.15) is 23.4 Å². The van der Waals surface area contributed by atoms with Gasteiger partial charge in [-0.25, -0.2) is 0 Å². The highest BCUT2D eigenvalue weighted by molar-refractivity contribution is 5.74. The number of rotatable bonds is 3. The Bertz CT molecular complexity index is 830. The maximum absolute atomic E-state index is 9.17. The standard InChI is InChI=1S/C17H16N2O3/c1-20-12-6-3-5-10-15(12)16-13(21-2)7-4-8-14(16)22-17(10)11(19)9-18/h3-8,11,14H,19H2,1-2H3. The van der Waals surface area contributed by atoms with Crippen LogP contribution in [0.15, 0.2) is 42.2 Å². The fourth-order valence-electron chi connectivity index (χ4n) is 2.80. The number of fused-ring (bicyclic) bond motifs is 2. The van der Waals surface area contributed by atoms with E-state index < -0.39 is 6.04 Å². The second-order valence-corrected chi connectivity index (χ2v) is 4.93. The third-order valence-corrected chi connectivity index (χ3v) is 3.76. The molecule has 2 atom stereocenters. The lowest BCUT2D eigenvalue weighted by atomic mass is 9.94. The van der Waals surface area contributed by atoms with E-state index in [9.17, 15) is 0 Å². The van der Waals surface area contributed by atoms with Gasteiger partial charge in [0.25, 0.3) is 0 Å². The summed E-state index contributed by atoms with van der Waals surface area (Å²) in [7, 11) is 3.23. The van der Waals surface area contributed by atoms with E-state index in [1.54, 1.807) is 14.2 Å². The molecule has 2 unspecified atom stereocenters. The van der Waals surface area contributed by atoms with Crippen molar-refractivity contribution in [3.63, 3.8) is 0 Å². The summed E-state index contributed by atoms with van der Waals surface area (Å²) in [4.78, 5) is 0. The minimum Gasteiger partial charge on any atom is -0.496 e. The highest BCUT2D eigenvalue weighted by Crippen LogP contribution is 2.28. The summed E-state index contributed by atoms with van der Waals surface area (Å²) in [5, 5.41) is 10.8. The third kappa shape index (κ3) is 2.05. The molecule has 0 spiro atoms. The first-order valence-electron chi connectivity index (χ1n) is 6.87. The van der Waals surface area contributed by atoms with Crippen molar-refractivity contribution in [1.82, 2.24) is 0 Å². The van der Waals surface area contributed by atoms with Crippen molar-refractivity contribution in [2.24, 2.45) is 5.73 Å². The van der Waals surface area contributed by atoms with E-state index in [2.05, 4.69) is 0 Å². The van der Waals surface area contributed by atoms with Gasteiger partial charge in [-0.05, 0) is 18.2 Å². The monoisotopic (exact) mass is 296 g/mol. The Morgan fingerprint density at radius 2 is 2.14 bits per heavy atom. The van der Waals surface area contributed by atoms with Crippen LogP contribution in [0.3, 0.4) is 0 Å². The van der Waals surface area contributed by atoms with Gasteiger partial charge in [-0.2, -0.15) is 5.26 Å². The van der Waals surface area contributed by atoms with Crippen molar-refractivity contribution in [2.75, 3.05) is 14.2 Å². The minimum absolute atomic E-state index is 0.349. The van der Waals surface area contributed by atoms with Crippen molar-refractivity contribution in [1.29, 1.82) is 5.26 Å². The number of hydrogen-bond acceptors (Lipinski definition) is 5. The molecular weight excluding hydrogens is 280 g/mol. The first-order valence-corrected chi connectivity index (χ1v) is 6.87. The molecule has 2 aliphatic rings. The third-order valence-electron chi connectivity index (χ3n) is 3.76. The summed E-state index contributed by atoms with van der Waals surface area (Å²) in [5.74, 6) is 1.86. The fourth-order valence-corrected chi connectivity index (χ4v) is 2.80. The Morgan fingerprint density at radius 3 is 2.82 bits per heavy atom. The van der Waals surface area contributed by atoms with Gasteiger partial charge in [-0.3, -0.25) is 0 Å². The van der Waals surface area contributed by atoms with E-state index in [0.29, 0.717) is 17.3 Å². The van der Waals surface area contributed by atoms with Crippen molar-refractivity contribution < 1.29 is 14.2 Å². The lowest BCUT2D eigenvalue weighted by Crippen LogP contribution is -2.44.